The zero-order valence-electron chi connectivity index (χ0n) is 12.2. The molecule has 1 N–H and O–H groups in total. The fraction of sp³-hybridized carbons (Fsp3) is 0.750. The van der Waals surface area contributed by atoms with Gasteiger partial charge in [0.15, 0.2) is 0 Å². The van der Waals surface area contributed by atoms with E-state index < -0.39 is 11.8 Å². The first kappa shape index (κ1) is 17.9. The van der Waals surface area contributed by atoms with Crippen molar-refractivity contribution in [3.63, 3.8) is 0 Å². The summed E-state index contributed by atoms with van der Waals surface area (Å²) in [7, 11) is 0. The van der Waals surface area contributed by atoms with E-state index in [0.717, 1.165) is 25.7 Å². The fourth-order valence-electron chi connectivity index (χ4n) is 1.93. The summed E-state index contributed by atoms with van der Waals surface area (Å²) in [5, 5.41) is 8.40. The highest BCUT2D eigenvalue weighted by Gasteiger charge is 2.09. The summed E-state index contributed by atoms with van der Waals surface area (Å²) >= 11 is 0. The molecule has 0 aliphatic heterocycles. The first-order valence-electron chi connectivity index (χ1n) is 7.59. The van der Waals surface area contributed by atoms with Crippen LogP contribution in [0.5, 0.6) is 0 Å². The second-order valence-electron chi connectivity index (χ2n) is 5.00. The van der Waals surface area contributed by atoms with Crippen molar-refractivity contribution < 1.29 is 14.7 Å². The minimum atomic E-state index is -1.30. The Morgan fingerprint density at radius 3 is 1.89 bits per heavy atom. The number of hydrogen-bond donors (Lipinski definition) is 1. The number of carboxylic acid groups (broad SMARTS) is 1. The van der Waals surface area contributed by atoms with Crippen LogP contribution < -0.4 is 0 Å². The van der Waals surface area contributed by atoms with E-state index in [2.05, 4.69) is 19.1 Å². The number of aliphatic carboxylic acids is 1. The van der Waals surface area contributed by atoms with Crippen LogP contribution in [0.15, 0.2) is 12.2 Å². The third kappa shape index (κ3) is 13.1. The van der Waals surface area contributed by atoms with E-state index in [9.17, 15) is 9.59 Å². The summed E-state index contributed by atoms with van der Waals surface area (Å²) in [4.78, 5) is 21.1. The Labute approximate surface area is 117 Å². The molecule has 19 heavy (non-hydrogen) atoms. The summed E-state index contributed by atoms with van der Waals surface area (Å²) in [6.07, 6.45) is 16.1. The molecule has 0 aliphatic rings. The molecule has 0 aromatic rings. The minimum Gasteiger partial charge on any atom is -0.476 e. The van der Waals surface area contributed by atoms with E-state index in [4.69, 9.17) is 5.11 Å². The van der Waals surface area contributed by atoms with Gasteiger partial charge in [0.05, 0.1) is 0 Å². The van der Waals surface area contributed by atoms with E-state index in [1.165, 1.54) is 32.1 Å². The lowest BCUT2D eigenvalue weighted by atomic mass is 10.1. The van der Waals surface area contributed by atoms with Gasteiger partial charge in [-0.15, -0.1) is 0 Å². The number of carbonyl (C=O) groups excluding carboxylic acids is 1. The molecule has 110 valence electrons. The largest absolute Gasteiger partial charge is 0.476 e. The van der Waals surface area contributed by atoms with Crippen LogP contribution in [0, 0.1) is 0 Å². The molecule has 0 saturated carbocycles. The maximum atomic E-state index is 10.8. The van der Waals surface area contributed by atoms with Crippen LogP contribution in [0.4, 0.5) is 0 Å². The van der Waals surface area contributed by atoms with Gasteiger partial charge in [-0.2, -0.15) is 0 Å². The quantitative estimate of drug-likeness (QED) is 0.304. The Morgan fingerprint density at radius 1 is 0.842 bits per heavy atom. The van der Waals surface area contributed by atoms with E-state index in [1.807, 2.05) is 0 Å². The SMILES string of the molecule is CCCCCC/C=C\CCCCCCC(=O)C(=O)O. The Hall–Kier alpha value is -1.12. The highest BCUT2D eigenvalue weighted by Crippen LogP contribution is 2.08. The lowest BCUT2D eigenvalue weighted by Crippen LogP contribution is -2.11. The predicted octanol–water partition coefficient (Wildman–Crippen LogP) is 4.51. The lowest BCUT2D eigenvalue weighted by molar-refractivity contribution is -0.149. The fourth-order valence-corrected chi connectivity index (χ4v) is 1.93. The average Bonchev–Trinajstić information content (AvgIpc) is 2.39. The van der Waals surface area contributed by atoms with Gasteiger partial charge in [0.2, 0.25) is 5.78 Å². The number of rotatable bonds is 13. The zero-order valence-corrected chi connectivity index (χ0v) is 12.2. The summed E-state index contributed by atoms with van der Waals surface area (Å²) in [5.74, 6) is -1.96. The molecule has 0 aromatic carbocycles. The van der Waals surface area contributed by atoms with Gasteiger partial charge in [-0.1, -0.05) is 51.2 Å². The molecule has 0 heterocycles. The first-order chi connectivity index (χ1) is 9.18. The maximum Gasteiger partial charge on any atom is 0.372 e. The molecular formula is C16H28O3. The molecule has 3 heteroatoms. The number of carbonyl (C=O) groups is 2. The maximum absolute atomic E-state index is 10.8. The van der Waals surface area contributed by atoms with Gasteiger partial charge >= 0.3 is 5.97 Å². The monoisotopic (exact) mass is 268 g/mol. The van der Waals surface area contributed by atoms with Gasteiger partial charge in [0.1, 0.15) is 0 Å². The molecule has 0 spiro atoms. The van der Waals surface area contributed by atoms with Crippen LogP contribution in [0.1, 0.15) is 77.6 Å². The van der Waals surface area contributed by atoms with Gasteiger partial charge in [-0.25, -0.2) is 4.79 Å². The van der Waals surface area contributed by atoms with Crippen LogP contribution in [-0.2, 0) is 9.59 Å². The van der Waals surface area contributed by atoms with Gasteiger partial charge in [0.25, 0.3) is 0 Å². The third-order valence-corrected chi connectivity index (χ3v) is 3.15. The van der Waals surface area contributed by atoms with Crippen molar-refractivity contribution in [1.82, 2.24) is 0 Å². The Bertz CT molecular complexity index is 269. The normalized spacial score (nSPS) is 11.0. The number of carboxylic acids is 1. The van der Waals surface area contributed by atoms with E-state index >= 15 is 0 Å². The molecule has 0 bridgehead atoms. The number of allylic oxidation sites excluding steroid dienone is 2. The lowest BCUT2D eigenvalue weighted by Gasteiger charge is -1.98. The van der Waals surface area contributed by atoms with Crippen molar-refractivity contribution >= 4 is 11.8 Å². The van der Waals surface area contributed by atoms with Crippen LogP contribution in [0.25, 0.3) is 0 Å². The predicted molar refractivity (Wildman–Crippen MR) is 78.2 cm³/mol. The molecule has 0 unspecified atom stereocenters. The molecule has 0 rings (SSSR count). The van der Waals surface area contributed by atoms with Gasteiger partial charge in [-0.05, 0) is 32.1 Å². The molecule has 0 radical (unpaired) electrons. The van der Waals surface area contributed by atoms with Gasteiger partial charge in [0, 0.05) is 6.42 Å². The van der Waals surface area contributed by atoms with Gasteiger partial charge in [-0.3, -0.25) is 4.79 Å². The minimum absolute atomic E-state index is 0.183. The molecule has 0 amide bonds. The Balaban J connectivity index is 3.20. The van der Waals surface area contributed by atoms with Crippen LogP contribution in [0.3, 0.4) is 0 Å². The third-order valence-electron chi connectivity index (χ3n) is 3.15. The summed E-state index contributed by atoms with van der Waals surface area (Å²) in [5.41, 5.74) is 0. The Morgan fingerprint density at radius 2 is 1.37 bits per heavy atom. The molecule has 0 aromatic heterocycles. The van der Waals surface area contributed by atoms with Crippen molar-refractivity contribution in [2.24, 2.45) is 0 Å². The highest BCUT2D eigenvalue weighted by molar-refractivity contribution is 6.32. The molecule has 0 saturated heterocycles. The number of ketones is 1. The zero-order chi connectivity index (χ0) is 14.3. The van der Waals surface area contributed by atoms with Crippen molar-refractivity contribution in [2.75, 3.05) is 0 Å². The highest BCUT2D eigenvalue weighted by atomic mass is 16.4. The summed E-state index contributed by atoms with van der Waals surface area (Å²) in [6.45, 7) is 2.22. The molecule has 3 nitrogen and oxygen atoms in total. The first-order valence-corrected chi connectivity index (χ1v) is 7.59. The van der Waals surface area contributed by atoms with Crippen LogP contribution >= 0.6 is 0 Å². The standard InChI is InChI=1S/C16H28O3/c1-2-3-4-5-6-7-8-9-10-11-12-13-14-15(17)16(18)19/h7-8H,2-6,9-14H2,1H3,(H,18,19)/b8-7-. The number of Topliss-reactive ketones (excluding diaryl/α,β-unsaturated/α-hetero) is 1. The molecule has 0 aliphatic carbocycles. The van der Waals surface area contributed by atoms with Gasteiger partial charge < -0.3 is 5.11 Å². The number of hydrogen-bond acceptors (Lipinski definition) is 2. The average molecular weight is 268 g/mol. The number of unbranched alkanes of at least 4 members (excludes halogenated alkanes) is 8. The van der Waals surface area contributed by atoms with Crippen molar-refractivity contribution in [3.8, 4) is 0 Å². The molecule has 0 atom stereocenters. The van der Waals surface area contributed by atoms with Crippen LogP contribution in [0.2, 0.25) is 0 Å². The smallest absolute Gasteiger partial charge is 0.372 e. The summed E-state index contributed by atoms with van der Waals surface area (Å²) < 4.78 is 0. The topological polar surface area (TPSA) is 54.4 Å². The van der Waals surface area contributed by atoms with E-state index in [-0.39, 0.29) is 6.42 Å². The van der Waals surface area contributed by atoms with E-state index in [0.29, 0.717) is 6.42 Å². The van der Waals surface area contributed by atoms with Crippen molar-refractivity contribution in [3.05, 3.63) is 12.2 Å². The van der Waals surface area contributed by atoms with E-state index in [1.54, 1.807) is 0 Å². The summed E-state index contributed by atoms with van der Waals surface area (Å²) in [6, 6.07) is 0. The van der Waals surface area contributed by atoms with Crippen molar-refractivity contribution in [1.29, 1.82) is 0 Å². The van der Waals surface area contributed by atoms with Crippen molar-refractivity contribution in [2.45, 2.75) is 77.6 Å². The van der Waals surface area contributed by atoms with Crippen LogP contribution in [-0.4, -0.2) is 16.9 Å². The second kappa shape index (κ2) is 13.3. The second-order valence-corrected chi connectivity index (χ2v) is 5.00. The molecule has 0 fully saturated rings. The Kier molecular flexibility index (Phi) is 12.5. The molecular weight excluding hydrogens is 240 g/mol.